The molecule has 4 nitrogen and oxygen atoms in total. The highest BCUT2D eigenvalue weighted by Crippen LogP contribution is 2.30. The molecular formula is C17H29NO3. The summed E-state index contributed by atoms with van der Waals surface area (Å²) in [5.74, 6) is -0.383. The molecule has 0 aromatic carbocycles. The lowest BCUT2D eigenvalue weighted by Gasteiger charge is -2.41. The van der Waals surface area contributed by atoms with Gasteiger partial charge in [-0.05, 0) is 32.6 Å². The largest absolute Gasteiger partial charge is 0.466 e. The smallest absolute Gasteiger partial charge is 0.315 e. The first-order chi connectivity index (χ1) is 10.2. The maximum atomic E-state index is 12.7. The van der Waals surface area contributed by atoms with Crippen LogP contribution in [0.2, 0.25) is 0 Å². The van der Waals surface area contributed by atoms with Crippen LogP contribution >= 0.6 is 0 Å². The first-order valence-electron chi connectivity index (χ1n) is 8.69. The predicted octanol–water partition coefficient (Wildman–Crippen LogP) is 3.43. The van der Waals surface area contributed by atoms with Gasteiger partial charge < -0.3 is 9.64 Å². The highest BCUT2D eigenvalue weighted by Gasteiger charge is 2.33. The van der Waals surface area contributed by atoms with E-state index in [2.05, 4.69) is 4.90 Å². The van der Waals surface area contributed by atoms with Gasteiger partial charge in [0.15, 0.2) is 0 Å². The van der Waals surface area contributed by atoms with E-state index in [1.165, 1.54) is 38.5 Å². The Bertz CT molecular complexity index is 326. The number of ether oxygens (including phenoxy) is 1. The van der Waals surface area contributed by atoms with Crippen molar-refractivity contribution in [3.05, 3.63) is 0 Å². The summed E-state index contributed by atoms with van der Waals surface area (Å²) < 4.78 is 4.95. The van der Waals surface area contributed by atoms with Crippen LogP contribution in [-0.4, -0.2) is 35.5 Å². The monoisotopic (exact) mass is 295 g/mol. The average Bonchev–Trinajstić information content (AvgIpc) is 2.50. The second-order valence-corrected chi connectivity index (χ2v) is 6.37. The minimum atomic E-state index is -0.376. The Labute approximate surface area is 128 Å². The molecule has 0 radical (unpaired) electrons. The SMILES string of the molecule is CCOC(=O)CC(=O)N(C1CCCCC1)C1CCCCC1. The Morgan fingerprint density at radius 2 is 1.38 bits per heavy atom. The number of rotatable bonds is 5. The highest BCUT2D eigenvalue weighted by atomic mass is 16.5. The Hall–Kier alpha value is -1.06. The van der Waals surface area contributed by atoms with E-state index < -0.39 is 0 Å². The topological polar surface area (TPSA) is 46.6 Å². The maximum absolute atomic E-state index is 12.7. The lowest BCUT2D eigenvalue weighted by atomic mass is 9.88. The minimum Gasteiger partial charge on any atom is -0.466 e. The van der Waals surface area contributed by atoms with Crippen molar-refractivity contribution in [2.24, 2.45) is 0 Å². The summed E-state index contributed by atoms with van der Waals surface area (Å²) in [4.78, 5) is 26.4. The fourth-order valence-electron chi connectivity index (χ4n) is 3.85. The zero-order valence-corrected chi connectivity index (χ0v) is 13.3. The predicted molar refractivity (Wildman–Crippen MR) is 81.8 cm³/mol. The van der Waals surface area contributed by atoms with Crippen molar-refractivity contribution in [2.45, 2.75) is 89.6 Å². The number of amides is 1. The van der Waals surface area contributed by atoms with Gasteiger partial charge >= 0.3 is 5.97 Å². The van der Waals surface area contributed by atoms with Crippen LogP contribution in [0, 0.1) is 0 Å². The summed E-state index contributed by atoms with van der Waals surface area (Å²) in [6, 6.07) is 0.701. The molecule has 0 heterocycles. The third-order valence-electron chi connectivity index (χ3n) is 4.83. The molecule has 0 spiro atoms. The Morgan fingerprint density at radius 3 is 1.81 bits per heavy atom. The molecule has 1 amide bonds. The van der Waals surface area contributed by atoms with Crippen molar-refractivity contribution in [2.75, 3.05) is 6.61 Å². The number of nitrogens with zero attached hydrogens (tertiary/aromatic N) is 1. The number of hydrogen-bond acceptors (Lipinski definition) is 3. The van der Waals surface area contributed by atoms with Gasteiger partial charge in [-0.15, -0.1) is 0 Å². The summed E-state index contributed by atoms with van der Waals surface area (Å²) in [7, 11) is 0. The molecular weight excluding hydrogens is 266 g/mol. The first-order valence-corrected chi connectivity index (χ1v) is 8.69. The molecule has 2 rings (SSSR count). The van der Waals surface area contributed by atoms with Crippen molar-refractivity contribution in [3.8, 4) is 0 Å². The van der Waals surface area contributed by atoms with Crippen LogP contribution in [0.3, 0.4) is 0 Å². The van der Waals surface area contributed by atoms with Gasteiger partial charge in [-0.1, -0.05) is 38.5 Å². The van der Waals surface area contributed by atoms with Crippen molar-refractivity contribution in [3.63, 3.8) is 0 Å². The zero-order chi connectivity index (χ0) is 15.1. The molecule has 0 atom stereocenters. The maximum Gasteiger partial charge on any atom is 0.315 e. The van der Waals surface area contributed by atoms with Gasteiger partial charge in [-0.3, -0.25) is 9.59 Å². The number of carbonyl (C=O) groups is 2. The van der Waals surface area contributed by atoms with E-state index in [0.29, 0.717) is 18.7 Å². The third-order valence-corrected chi connectivity index (χ3v) is 4.83. The molecule has 2 saturated carbocycles. The van der Waals surface area contributed by atoms with Gasteiger partial charge in [-0.25, -0.2) is 0 Å². The van der Waals surface area contributed by atoms with Crippen LogP contribution in [-0.2, 0) is 14.3 Å². The summed E-state index contributed by atoms with van der Waals surface area (Å²) in [6.07, 6.45) is 11.7. The van der Waals surface area contributed by atoms with Gasteiger partial charge in [0.25, 0.3) is 0 Å². The molecule has 0 bridgehead atoms. The second kappa shape index (κ2) is 8.40. The highest BCUT2D eigenvalue weighted by molar-refractivity contribution is 5.94. The zero-order valence-electron chi connectivity index (χ0n) is 13.3. The molecule has 21 heavy (non-hydrogen) atoms. The van der Waals surface area contributed by atoms with Crippen molar-refractivity contribution >= 4 is 11.9 Å². The average molecular weight is 295 g/mol. The van der Waals surface area contributed by atoms with Gasteiger partial charge in [-0.2, -0.15) is 0 Å². The van der Waals surface area contributed by atoms with E-state index in [1.807, 2.05) is 0 Å². The van der Waals surface area contributed by atoms with E-state index in [0.717, 1.165) is 25.7 Å². The van der Waals surface area contributed by atoms with Crippen molar-refractivity contribution < 1.29 is 14.3 Å². The molecule has 2 aliphatic carbocycles. The van der Waals surface area contributed by atoms with Crippen LogP contribution in [0.4, 0.5) is 0 Å². The third kappa shape index (κ3) is 4.72. The fraction of sp³-hybridized carbons (Fsp3) is 0.882. The Kier molecular flexibility index (Phi) is 6.52. The normalized spacial score (nSPS) is 21.0. The summed E-state index contributed by atoms with van der Waals surface area (Å²) in [5, 5.41) is 0. The lowest BCUT2D eigenvalue weighted by molar-refractivity contribution is -0.151. The molecule has 0 saturated heterocycles. The van der Waals surface area contributed by atoms with E-state index >= 15 is 0 Å². The summed E-state index contributed by atoms with van der Waals surface area (Å²) in [5.41, 5.74) is 0. The standard InChI is InChI=1S/C17H29NO3/c1-2-21-17(20)13-16(19)18(14-9-5-3-6-10-14)15-11-7-4-8-12-15/h14-15H,2-13H2,1H3. The van der Waals surface area contributed by atoms with E-state index in [9.17, 15) is 9.59 Å². The van der Waals surface area contributed by atoms with Gasteiger partial charge in [0.05, 0.1) is 6.61 Å². The van der Waals surface area contributed by atoms with E-state index in [-0.39, 0.29) is 18.3 Å². The Morgan fingerprint density at radius 1 is 0.905 bits per heavy atom. The van der Waals surface area contributed by atoms with Crippen LogP contribution in [0.15, 0.2) is 0 Å². The molecule has 0 unspecified atom stereocenters. The number of esters is 1. The molecule has 0 N–H and O–H groups in total. The number of hydrogen-bond donors (Lipinski definition) is 0. The summed E-state index contributed by atoms with van der Waals surface area (Å²) in [6.45, 7) is 2.13. The van der Waals surface area contributed by atoms with Gasteiger partial charge in [0, 0.05) is 12.1 Å². The summed E-state index contributed by atoms with van der Waals surface area (Å²) >= 11 is 0. The molecule has 4 heteroatoms. The van der Waals surface area contributed by atoms with Crippen LogP contribution in [0.1, 0.15) is 77.6 Å². The Balaban J connectivity index is 2.02. The molecule has 0 aliphatic heterocycles. The van der Waals surface area contributed by atoms with Crippen LogP contribution in [0.25, 0.3) is 0 Å². The van der Waals surface area contributed by atoms with Crippen LogP contribution < -0.4 is 0 Å². The quantitative estimate of drug-likeness (QED) is 0.576. The number of carbonyl (C=O) groups excluding carboxylic acids is 2. The van der Waals surface area contributed by atoms with Gasteiger partial charge in [0.2, 0.25) is 5.91 Å². The van der Waals surface area contributed by atoms with Gasteiger partial charge in [0.1, 0.15) is 6.42 Å². The molecule has 2 fully saturated rings. The second-order valence-electron chi connectivity index (χ2n) is 6.37. The minimum absolute atomic E-state index is 0.00718. The van der Waals surface area contributed by atoms with E-state index in [1.54, 1.807) is 6.92 Å². The molecule has 2 aliphatic rings. The van der Waals surface area contributed by atoms with Crippen LogP contribution in [0.5, 0.6) is 0 Å². The lowest BCUT2D eigenvalue weighted by Crippen LogP contribution is -2.49. The molecule has 0 aromatic heterocycles. The van der Waals surface area contributed by atoms with Crippen molar-refractivity contribution in [1.29, 1.82) is 0 Å². The van der Waals surface area contributed by atoms with E-state index in [4.69, 9.17) is 4.74 Å². The molecule has 0 aromatic rings. The fourth-order valence-corrected chi connectivity index (χ4v) is 3.85. The van der Waals surface area contributed by atoms with Crippen molar-refractivity contribution in [1.82, 2.24) is 4.90 Å². The molecule has 120 valence electrons. The first kappa shape index (κ1) is 16.3.